The summed E-state index contributed by atoms with van der Waals surface area (Å²) in [5.41, 5.74) is 2.58. The van der Waals surface area contributed by atoms with Crippen LogP contribution in [0.4, 0.5) is 4.39 Å². The number of carboxylic acids is 1. The van der Waals surface area contributed by atoms with Crippen molar-refractivity contribution in [2.24, 2.45) is 11.3 Å². The summed E-state index contributed by atoms with van der Waals surface area (Å²) in [4.78, 5) is 11.4. The average molecular weight is 519 g/mol. The van der Waals surface area contributed by atoms with Crippen LogP contribution in [0.25, 0.3) is 11.1 Å². The van der Waals surface area contributed by atoms with E-state index in [1.165, 1.54) is 13.2 Å². The standard InChI is InChI=1S/C32H35FO5/c1-5-32(2,3)31(36)28-15-20(9-13-25(28)27-17-23(37-4)12-14-29(27)33)19-38-24-8-6-7-22(16-24)26(18-30(34)35)21-10-11-21/h5-9,12-17,21,26,31,36H,1,10-11,18-19H2,2-4H3,(H,34,35)/t26-,31-/m0/s1. The largest absolute Gasteiger partial charge is 0.497 e. The number of ether oxygens (including phenoxy) is 2. The fraction of sp³-hybridized carbons (Fsp3) is 0.344. The smallest absolute Gasteiger partial charge is 0.303 e. The van der Waals surface area contributed by atoms with Crippen LogP contribution in [0.2, 0.25) is 0 Å². The minimum atomic E-state index is -0.945. The van der Waals surface area contributed by atoms with E-state index in [-0.39, 0.29) is 18.9 Å². The molecule has 2 N–H and O–H groups in total. The Balaban J connectivity index is 1.63. The molecule has 0 unspecified atom stereocenters. The van der Waals surface area contributed by atoms with Crippen molar-refractivity contribution in [3.63, 3.8) is 0 Å². The topological polar surface area (TPSA) is 76.0 Å². The van der Waals surface area contributed by atoms with Gasteiger partial charge in [-0.25, -0.2) is 4.39 Å². The summed E-state index contributed by atoms with van der Waals surface area (Å²) < 4.78 is 26.3. The molecule has 3 aromatic carbocycles. The molecule has 38 heavy (non-hydrogen) atoms. The van der Waals surface area contributed by atoms with Gasteiger partial charge in [0.2, 0.25) is 0 Å². The van der Waals surface area contributed by atoms with Gasteiger partial charge in [0, 0.05) is 11.0 Å². The Morgan fingerprint density at radius 3 is 2.53 bits per heavy atom. The third-order valence-corrected chi connectivity index (χ3v) is 7.38. The molecule has 1 fully saturated rings. The van der Waals surface area contributed by atoms with Crippen molar-refractivity contribution in [3.05, 3.63) is 95.8 Å². The number of hydrogen-bond donors (Lipinski definition) is 2. The fourth-order valence-electron chi connectivity index (χ4n) is 4.77. The molecule has 0 spiro atoms. The Morgan fingerprint density at radius 1 is 1.11 bits per heavy atom. The van der Waals surface area contributed by atoms with Crippen molar-refractivity contribution in [1.29, 1.82) is 0 Å². The Kier molecular flexibility index (Phi) is 8.22. The van der Waals surface area contributed by atoms with E-state index in [0.29, 0.717) is 34.1 Å². The van der Waals surface area contributed by atoms with E-state index < -0.39 is 23.3 Å². The van der Waals surface area contributed by atoms with Gasteiger partial charge in [0.05, 0.1) is 19.6 Å². The van der Waals surface area contributed by atoms with E-state index in [1.807, 2.05) is 50.2 Å². The second-order valence-corrected chi connectivity index (χ2v) is 10.6. The molecule has 6 heteroatoms. The van der Waals surface area contributed by atoms with E-state index in [9.17, 15) is 19.4 Å². The van der Waals surface area contributed by atoms with E-state index >= 15 is 0 Å². The lowest BCUT2D eigenvalue weighted by atomic mass is 9.79. The van der Waals surface area contributed by atoms with Crippen molar-refractivity contribution >= 4 is 5.97 Å². The summed E-state index contributed by atoms with van der Waals surface area (Å²) in [7, 11) is 1.53. The van der Waals surface area contributed by atoms with Crippen molar-refractivity contribution in [1.82, 2.24) is 0 Å². The molecule has 0 bridgehead atoms. The second-order valence-electron chi connectivity index (χ2n) is 10.6. The van der Waals surface area contributed by atoms with Crippen LogP contribution in [-0.2, 0) is 11.4 Å². The van der Waals surface area contributed by atoms with Gasteiger partial charge in [0.25, 0.3) is 0 Å². The molecule has 0 amide bonds. The van der Waals surface area contributed by atoms with Gasteiger partial charge < -0.3 is 19.7 Å². The second kappa shape index (κ2) is 11.4. The zero-order chi connectivity index (χ0) is 27.4. The van der Waals surface area contributed by atoms with Crippen molar-refractivity contribution in [2.75, 3.05) is 7.11 Å². The Morgan fingerprint density at radius 2 is 1.87 bits per heavy atom. The highest BCUT2D eigenvalue weighted by Crippen LogP contribution is 2.45. The lowest BCUT2D eigenvalue weighted by Gasteiger charge is -2.29. The molecule has 3 aromatic rings. The molecule has 0 heterocycles. The van der Waals surface area contributed by atoms with E-state index in [4.69, 9.17) is 9.47 Å². The number of hydrogen-bond acceptors (Lipinski definition) is 4. The van der Waals surface area contributed by atoms with Gasteiger partial charge in [-0.1, -0.05) is 44.2 Å². The van der Waals surface area contributed by atoms with Gasteiger partial charge in [-0.2, -0.15) is 0 Å². The third kappa shape index (κ3) is 6.25. The first-order valence-corrected chi connectivity index (χ1v) is 12.9. The van der Waals surface area contributed by atoms with Crippen molar-refractivity contribution in [2.45, 2.75) is 51.7 Å². The normalized spacial score (nSPS) is 15.0. The summed E-state index contributed by atoms with van der Waals surface area (Å²) >= 11 is 0. The van der Waals surface area contributed by atoms with Crippen molar-refractivity contribution in [3.8, 4) is 22.6 Å². The highest BCUT2D eigenvalue weighted by molar-refractivity contribution is 5.71. The predicted octanol–water partition coefficient (Wildman–Crippen LogP) is 7.29. The lowest BCUT2D eigenvalue weighted by molar-refractivity contribution is -0.137. The van der Waals surface area contributed by atoms with E-state index in [0.717, 1.165) is 24.0 Å². The molecule has 2 atom stereocenters. The maximum absolute atomic E-state index is 14.9. The number of rotatable bonds is 12. The van der Waals surface area contributed by atoms with Gasteiger partial charge >= 0.3 is 5.97 Å². The molecule has 5 nitrogen and oxygen atoms in total. The maximum atomic E-state index is 14.9. The van der Waals surface area contributed by atoms with Crippen LogP contribution in [0, 0.1) is 17.2 Å². The van der Waals surface area contributed by atoms with Gasteiger partial charge in [-0.3, -0.25) is 4.79 Å². The Hall–Kier alpha value is -3.64. The molecule has 200 valence electrons. The molecule has 1 aliphatic carbocycles. The summed E-state index contributed by atoms with van der Waals surface area (Å²) in [6, 6.07) is 17.6. The number of aliphatic hydroxyl groups is 1. The number of carbonyl (C=O) groups is 1. The van der Waals surface area contributed by atoms with E-state index in [1.54, 1.807) is 24.3 Å². The highest BCUT2D eigenvalue weighted by atomic mass is 19.1. The number of aliphatic hydroxyl groups excluding tert-OH is 1. The van der Waals surface area contributed by atoms with Gasteiger partial charge in [0.1, 0.15) is 23.9 Å². The Labute approximate surface area is 223 Å². The Bertz CT molecular complexity index is 1310. The SMILES string of the molecule is C=CC(C)(C)[C@@H](O)c1cc(COc2cccc([C@@H](CC(=O)O)C3CC3)c2)ccc1-c1cc(OC)ccc1F. The monoisotopic (exact) mass is 518 g/mol. The first kappa shape index (κ1) is 27.4. The first-order chi connectivity index (χ1) is 18.1. The van der Waals surface area contributed by atoms with Gasteiger partial charge in [-0.15, -0.1) is 6.58 Å². The molecule has 1 saturated carbocycles. The van der Waals surface area contributed by atoms with Gasteiger partial charge in [0.15, 0.2) is 0 Å². The van der Waals surface area contributed by atoms with Gasteiger partial charge in [-0.05, 0) is 83.3 Å². The molecule has 1 aliphatic rings. The number of halogens is 1. The molecule has 0 aromatic heterocycles. The number of methoxy groups -OCH3 is 1. The number of benzene rings is 3. The number of carboxylic acid groups (broad SMARTS) is 1. The summed E-state index contributed by atoms with van der Waals surface area (Å²) in [5.74, 6) is 0.344. The fourth-order valence-corrected chi connectivity index (χ4v) is 4.77. The minimum absolute atomic E-state index is 0.0176. The highest BCUT2D eigenvalue weighted by Gasteiger charge is 2.34. The molecular formula is C32H35FO5. The summed E-state index contributed by atoms with van der Waals surface area (Å²) in [6.45, 7) is 7.84. The van der Waals surface area contributed by atoms with Crippen LogP contribution in [0.15, 0.2) is 73.3 Å². The third-order valence-electron chi connectivity index (χ3n) is 7.38. The quantitative estimate of drug-likeness (QED) is 0.246. The summed E-state index contributed by atoms with van der Waals surface area (Å²) in [5, 5.41) is 20.7. The van der Waals surface area contributed by atoms with E-state index in [2.05, 4.69) is 6.58 Å². The minimum Gasteiger partial charge on any atom is -0.497 e. The molecule has 0 saturated heterocycles. The molecule has 4 rings (SSSR count). The maximum Gasteiger partial charge on any atom is 0.303 e. The van der Waals surface area contributed by atoms with Crippen LogP contribution in [0.1, 0.15) is 61.8 Å². The lowest BCUT2D eigenvalue weighted by Crippen LogP contribution is -2.20. The van der Waals surface area contributed by atoms with Crippen molar-refractivity contribution < 1.29 is 28.9 Å². The average Bonchev–Trinajstić information content (AvgIpc) is 3.76. The molecular weight excluding hydrogens is 483 g/mol. The zero-order valence-corrected chi connectivity index (χ0v) is 22.1. The van der Waals surface area contributed by atoms with Crippen LogP contribution in [0.3, 0.4) is 0 Å². The first-order valence-electron chi connectivity index (χ1n) is 12.9. The molecule has 0 aliphatic heterocycles. The zero-order valence-electron chi connectivity index (χ0n) is 22.1. The molecule has 0 radical (unpaired) electrons. The van der Waals surface area contributed by atoms with Crippen LogP contribution in [0.5, 0.6) is 11.5 Å². The van der Waals surface area contributed by atoms with Crippen LogP contribution in [-0.4, -0.2) is 23.3 Å². The summed E-state index contributed by atoms with van der Waals surface area (Å²) in [6.07, 6.45) is 2.95. The van der Waals surface area contributed by atoms with Crippen LogP contribution < -0.4 is 9.47 Å². The number of aliphatic carboxylic acids is 1. The predicted molar refractivity (Wildman–Crippen MR) is 146 cm³/mol. The van der Waals surface area contributed by atoms with Crippen LogP contribution >= 0.6 is 0 Å².